The average Bonchev–Trinajstić information content (AvgIpc) is 3.49. The lowest BCUT2D eigenvalue weighted by Gasteiger charge is -2.16. The lowest BCUT2D eigenvalue weighted by Crippen LogP contribution is -2.15. The molecule has 0 aliphatic carbocycles. The molecule has 3 aromatic heterocycles. The highest BCUT2D eigenvalue weighted by molar-refractivity contribution is 7.99. The van der Waals surface area contributed by atoms with Crippen LogP contribution in [0.5, 0.6) is 0 Å². The molecule has 0 saturated heterocycles. The first-order chi connectivity index (χ1) is 17.6. The summed E-state index contributed by atoms with van der Waals surface area (Å²) >= 11 is 1.27. The van der Waals surface area contributed by atoms with E-state index in [2.05, 4.69) is 40.4 Å². The number of rotatable bonds is 7. The summed E-state index contributed by atoms with van der Waals surface area (Å²) in [6.07, 6.45) is 3.45. The van der Waals surface area contributed by atoms with Crippen molar-refractivity contribution >= 4 is 34.3 Å². The van der Waals surface area contributed by atoms with Gasteiger partial charge in [0.1, 0.15) is 17.3 Å². The molecule has 1 N–H and O–H groups in total. The molecule has 8 nitrogen and oxygen atoms in total. The number of fused-ring (bicyclic) bond motifs is 1. The average molecular weight is 495 g/mol. The molecule has 0 fully saturated rings. The lowest BCUT2D eigenvalue weighted by molar-refractivity contribution is -0.113. The van der Waals surface area contributed by atoms with Crippen LogP contribution in [0.4, 0.5) is 5.69 Å². The number of pyridine rings is 1. The Labute approximate surface area is 212 Å². The van der Waals surface area contributed by atoms with E-state index in [9.17, 15) is 10.1 Å². The molecule has 0 radical (unpaired) electrons. The van der Waals surface area contributed by atoms with Crippen molar-refractivity contribution in [2.75, 3.05) is 11.1 Å². The minimum absolute atomic E-state index is 0.0688. The Morgan fingerprint density at radius 1 is 1.11 bits per heavy atom. The van der Waals surface area contributed by atoms with E-state index >= 15 is 0 Å². The molecule has 0 saturated carbocycles. The van der Waals surface area contributed by atoms with Gasteiger partial charge in [-0.05, 0) is 41.8 Å². The van der Waals surface area contributed by atoms with E-state index in [4.69, 9.17) is 4.42 Å². The first-order valence-electron chi connectivity index (χ1n) is 11.4. The summed E-state index contributed by atoms with van der Waals surface area (Å²) in [5, 5.41) is 22.4. The van der Waals surface area contributed by atoms with Gasteiger partial charge >= 0.3 is 0 Å². The maximum absolute atomic E-state index is 12.9. The van der Waals surface area contributed by atoms with Crippen molar-refractivity contribution in [3.05, 3.63) is 84.4 Å². The summed E-state index contributed by atoms with van der Waals surface area (Å²) in [5.41, 5.74) is 3.83. The zero-order chi connectivity index (χ0) is 25.1. The van der Waals surface area contributed by atoms with Crippen LogP contribution in [0, 0.1) is 11.3 Å². The molecule has 1 amide bonds. The monoisotopic (exact) mass is 494 g/mol. The van der Waals surface area contributed by atoms with E-state index < -0.39 is 0 Å². The van der Waals surface area contributed by atoms with Gasteiger partial charge in [0.2, 0.25) is 11.7 Å². The summed E-state index contributed by atoms with van der Waals surface area (Å²) in [5.74, 6) is 0.774. The van der Waals surface area contributed by atoms with Crippen molar-refractivity contribution in [1.29, 1.82) is 5.26 Å². The van der Waals surface area contributed by atoms with E-state index in [-0.39, 0.29) is 23.3 Å². The normalized spacial score (nSPS) is 11.1. The van der Waals surface area contributed by atoms with Crippen LogP contribution in [-0.2, 0) is 4.79 Å². The number of nitrogens with one attached hydrogen (secondary N) is 1. The third kappa shape index (κ3) is 4.46. The van der Waals surface area contributed by atoms with Crippen LogP contribution in [0.25, 0.3) is 28.0 Å². The van der Waals surface area contributed by atoms with Crippen LogP contribution in [-0.4, -0.2) is 31.4 Å². The molecule has 0 atom stereocenters. The van der Waals surface area contributed by atoms with Gasteiger partial charge in [0, 0.05) is 23.3 Å². The fraction of sp³-hybridized carbons (Fsp3) is 0.148. The number of carbonyl (C=O) groups excluding carboxylic acids is 1. The van der Waals surface area contributed by atoms with Crippen LogP contribution in [0.3, 0.4) is 0 Å². The number of nitriles is 1. The van der Waals surface area contributed by atoms with E-state index in [1.807, 2.05) is 59.2 Å². The fourth-order valence-electron chi connectivity index (χ4n) is 4.00. The van der Waals surface area contributed by atoms with Gasteiger partial charge in [-0.25, -0.2) is 0 Å². The number of benzene rings is 2. The largest absolute Gasteiger partial charge is 0.443 e. The first kappa shape index (κ1) is 23.3. The summed E-state index contributed by atoms with van der Waals surface area (Å²) in [4.78, 5) is 17.2. The standard InChI is InChI=1S/C27H22N6O2S/c1-17(2)19-9-3-5-11-21(19)33-26(18-8-7-13-29-15-18)31-32-27(33)36-16-24(34)30-25-20-10-4-6-12-22(20)35-23(25)14-28/h3-13,15,17H,16H2,1-2H3,(H,30,34). The van der Waals surface area contributed by atoms with Crippen molar-refractivity contribution < 1.29 is 9.21 Å². The molecule has 2 aromatic carbocycles. The second-order valence-electron chi connectivity index (χ2n) is 8.35. The van der Waals surface area contributed by atoms with E-state index in [0.29, 0.717) is 27.6 Å². The Bertz CT molecular complexity index is 1580. The number of nitrogens with zero attached hydrogens (tertiary/aromatic N) is 5. The van der Waals surface area contributed by atoms with Crippen molar-refractivity contribution in [3.63, 3.8) is 0 Å². The molecule has 178 valence electrons. The fourth-order valence-corrected chi connectivity index (χ4v) is 4.74. The number of anilines is 1. The molecule has 5 aromatic rings. The van der Waals surface area contributed by atoms with Gasteiger partial charge in [-0.3, -0.25) is 14.3 Å². The molecule has 3 heterocycles. The quantitative estimate of drug-likeness (QED) is 0.285. The SMILES string of the molecule is CC(C)c1ccccc1-n1c(SCC(=O)Nc2c(C#N)oc3ccccc23)nnc1-c1cccnc1. The topological polar surface area (TPSA) is 110 Å². The van der Waals surface area contributed by atoms with Gasteiger partial charge in [0.15, 0.2) is 11.0 Å². The number of amides is 1. The van der Waals surface area contributed by atoms with Gasteiger partial charge in [0.25, 0.3) is 0 Å². The smallest absolute Gasteiger partial charge is 0.234 e. The first-order valence-corrected chi connectivity index (χ1v) is 12.3. The van der Waals surface area contributed by atoms with Gasteiger partial charge in [-0.2, -0.15) is 5.26 Å². The second-order valence-corrected chi connectivity index (χ2v) is 9.29. The Kier molecular flexibility index (Phi) is 6.52. The molecule has 0 aliphatic rings. The highest BCUT2D eigenvalue weighted by atomic mass is 32.2. The van der Waals surface area contributed by atoms with E-state index in [0.717, 1.165) is 16.8 Å². The van der Waals surface area contributed by atoms with Crippen molar-refractivity contribution in [1.82, 2.24) is 19.7 Å². The molecule has 0 spiro atoms. The Hall–Kier alpha value is -4.42. The molecule has 0 unspecified atom stereocenters. The number of hydrogen-bond acceptors (Lipinski definition) is 7. The van der Waals surface area contributed by atoms with Crippen LogP contribution in [0.15, 0.2) is 82.6 Å². The third-order valence-corrected chi connectivity index (χ3v) is 6.58. The van der Waals surface area contributed by atoms with E-state index in [1.165, 1.54) is 11.8 Å². The summed E-state index contributed by atoms with van der Waals surface area (Å²) in [6.45, 7) is 4.27. The number of thioether (sulfide) groups is 1. The number of aromatic nitrogens is 4. The molecule has 5 rings (SSSR count). The van der Waals surface area contributed by atoms with Crippen molar-refractivity contribution in [2.45, 2.75) is 24.9 Å². The van der Waals surface area contributed by atoms with Gasteiger partial charge in [-0.15, -0.1) is 10.2 Å². The Morgan fingerprint density at radius 3 is 2.69 bits per heavy atom. The maximum Gasteiger partial charge on any atom is 0.234 e. The second kappa shape index (κ2) is 10.1. The molecule has 36 heavy (non-hydrogen) atoms. The minimum atomic E-state index is -0.280. The summed E-state index contributed by atoms with van der Waals surface area (Å²) in [7, 11) is 0. The molecule has 9 heteroatoms. The molecule has 0 aliphatic heterocycles. The van der Waals surface area contributed by atoms with Crippen LogP contribution >= 0.6 is 11.8 Å². The van der Waals surface area contributed by atoms with Crippen LogP contribution in [0.1, 0.15) is 31.1 Å². The van der Waals surface area contributed by atoms with Gasteiger partial charge in [0.05, 0.1) is 11.4 Å². The Morgan fingerprint density at radius 2 is 1.92 bits per heavy atom. The lowest BCUT2D eigenvalue weighted by atomic mass is 10.0. The summed E-state index contributed by atoms with van der Waals surface area (Å²) < 4.78 is 7.53. The minimum Gasteiger partial charge on any atom is -0.443 e. The van der Waals surface area contributed by atoms with Gasteiger partial charge in [-0.1, -0.05) is 55.9 Å². The maximum atomic E-state index is 12.9. The number of carbonyl (C=O) groups is 1. The van der Waals surface area contributed by atoms with Gasteiger partial charge < -0.3 is 9.73 Å². The number of furan rings is 1. The van der Waals surface area contributed by atoms with E-state index in [1.54, 1.807) is 18.5 Å². The van der Waals surface area contributed by atoms with Crippen molar-refractivity contribution in [2.24, 2.45) is 0 Å². The highest BCUT2D eigenvalue weighted by Crippen LogP contribution is 2.33. The predicted octanol–water partition coefficient (Wildman–Crippen LogP) is 5.80. The number of para-hydroxylation sites is 2. The van der Waals surface area contributed by atoms with Crippen molar-refractivity contribution in [3.8, 4) is 23.1 Å². The molecular formula is C27H22N6O2S. The zero-order valence-corrected chi connectivity index (χ0v) is 20.5. The van der Waals surface area contributed by atoms with Crippen LogP contribution < -0.4 is 5.32 Å². The zero-order valence-electron chi connectivity index (χ0n) is 19.7. The Balaban J connectivity index is 1.47. The summed E-state index contributed by atoms with van der Waals surface area (Å²) in [6, 6.07) is 21.1. The molecular weight excluding hydrogens is 472 g/mol. The highest BCUT2D eigenvalue weighted by Gasteiger charge is 2.21. The molecule has 0 bridgehead atoms. The predicted molar refractivity (Wildman–Crippen MR) is 139 cm³/mol. The number of hydrogen-bond donors (Lipinski definition) is 1. The van der Waals surface area contributed by atoms with Crippen LogP contribution in [0.2, 0.25) is 0 Å². The third-order valence-electron chi connectivity index (χ3n) is 5.65.